The summed E-state index contributed by atoms with van der Waals surface area (Å²) in [5.74, 6) is 0.669. The maximum atomic E-state index is 13.6. The van der Waals surface area contributed by atoms with Crippen LogP contribution in [0.15, 0.2) is 79.1 Å². The topological polar surface area (TPSA) is 76.1 Å². The lowest BCUT2D eigenvalue weighted by molar-refractivity contribution is 0.0753. The molecule has 2 N–H and O–H groups in total. The summed E-state index contributed by atoms with van der Waals surface area (Å²) in [6.45, 7) is 2.63. The molecule has 3 aromatic carbocycles. The van der Waals surface area contributed by atoms with E-state index in [1.54, 1.807) is 12.4 Å². The lowest BCUT2D eigenvalue weighted by Gasteiger charge is -2.25. The standard InChI is InChI=1S/C26H25N5O/c27-23(25-28-13-14-29-25)12-15-30-16-17-31(18-20-7-2-4-11-24(20)30)26(32)22-10-5-8-19-6-1-3-9-21(19)22/h1-11,13-14,27H,12,15-18H2,(H,28,29). The second-order valence-electron chi connectivity index (χ2n) is 8.04. The van der Waals surface area contributed by atoms with Gasteiger partial charge in [0.25, 0.3) is 5.91 Å². The largest absolute Gasteiger partial charge is 0.369 e. The quantitative estimate of drug-likeness (QED) is 0.465. The van der Waals surface area contributed by atoms with Crippen molar-refractivity contribution in [2.75, 3.05) is 24.5 Å². The Kier molecular flexibility index (Phi) is 5.42. The third-order valence-corrected chi connectivity index (χ3v) is 6.06. The number of nitrogens with zero attached hydrogens (tertiary/aromatic N) is 3. The van der Waals surface area contributed by atoms with Gasteiger partial charge in [0.15, 0.2) is 5.82 Å². The molecule has 0 atom stereocenters. The minimum absolute atomic E-state index is 0.0572. The average Bonchev–Trinajstić information content (AvgIpc) is 3.31. The Bertz CT molecular complexity index is 1260. The van der Waals surface area contributed by atoms with E-state index in [1.807, 2.05) is 59.5 Å². The molecule has 0 bridgehead atoms. The van der Waals surface area contributed by atoms with Crippen LogP contribution in [0.3, 0.4) is 0 Å². The van der Waals surface area contributed by atoms with Gasteiger partial charge in [-0.05, 0) is 28.5 Å². The lowest BCUT2D eigenvalue weighted by atomic mass is 10.0. The van der Waals surface area contributed by atoms with Crippen LogP contribution in [0.1, 0.15) is 28.2 Å². The van der Waals surface area contributed by atoms with Crippen molar-refractivity contribution in [3.8, 4) is 0 Å². The number of amides is 1. The molecule has 1 amide bonds. The number of anilines is 1. The van der Waals surface area contributed by atoms with Crippen molar-refractivity contribution >= 4 is 28.1 Å². The van der Waals surface area contributed by atoms with E-state index < -0.39 is 0 Å². The number of aromatic amines is 1. The summed E-state index contributed by atoms with van der Waals surface area (Å²) in [7, 11) is 0. The van der Waals surface area contributed by atoms with E-state index in [2.05, 4.69) is 27.0 Å². The number of hydrogen-bond acceptors (Lipinski definition) is 4. The van der Waals surface area contributed by atoms with Crippen LogP contribution >= 0.6 is 0 Å². The van der Waals surface area contributed by atoms with Crippen LogP contribution in [0.5, 0.6) is 0 Å². The van der Waals surface area contributed by atoms with Gasteiger partial charge in [-0.1, -0.05) is 54.6 Å². The maximum absolute atomic E-state index is 13.6. The number of carbonyl (C=O) groups is 1. The highest BCUT2D eigenvalue weighted by Crippen LogP contribution is 2.27. The monoisotopic (exact) mass is 423 g/mol. The minimum Gasteiger partial charge on any atom is -0.369 e. The third-order valence-electron chi connectivity index (χ3n) is 6.06. The number of carbonyl (C=O) groups excluding carboxylic acids is 1. The Labute approximate surface area is 187 Å². The van der Waals surface area contributed by atoms with E-state index in [4.69, 9.17) is 5.41 Å². The van der Waals surface area contributed by atoms with Crippen molar-refractivity contribution in [3.05, 3.63) is 96.1 Å². The van der Waals surface area contributed by atoms with Crippen molar-refractivity contribution in [2.45, 2.75) is 13.0 Å². The van der Waals surface area contributed by atoms with E-state index in [1.165, 1.54) is 0 Å². The van der Waals surface area contributed by atoms with Crippen LogP contribution in [0.4, 0.5) is 5.69 Å². The molecule has 6 nitrogen and oxygen atoms in total. The van der Waals surface area contributed by atoms with Gasteiger partial charge in [0, 0.05) is 56.2 Å². The average molecular weight is 424 g/mol. The van der Waals surface area contributed by atoms with Crippen molar-refractivity contribution in [1.82, 2.24) is 14.9 Å². The Morgan fingerprint density at radius 3 is 2.69 bits per heavy atom. The van der Waals surface area contributed by atoms with Gasteiger partial charge in [-0.25, -0.2) is 4.98 Å². The van der Waals surface area contributed by atoms with Crippen LogP contribution in [0.25, 0.3) is 10.8 Å². The van der Waals surface area contributed by atoms with Crippen molar-refractivity contribution < 1.29 is 4.79 Å². The molecule has 4 aromatic rings. The summed E-state index contributed by atoms with van der Waals surface area (Å²) in [6.07, 6.45) is 3.99. The Hall–Kier alpha value is -3.93. The molecule has 32 heavy (non-hydrogen) atoms. The van der Waals surface area contributed by atoms with Gasteiger partial charge >= 0.3 is 0 Å². The zero-order chi connectivity index (χ0) is 21.9. The lowest BCUT2D eigenvalue weighted by Crippen LogP contribution is -2.36. The number of imidazole rings is 1. The first-order valence-corrected chi connectivity index (χ1v) is 10.9. The Morgan fingerprint density at radius 2 is 1.81 bits per heavy atom. The van der Waals surface area contributed by atoms with E-state index in [9.17, 15) is 4.79 Å². The van der Waals surface area contributed by atoms with Gasteiger partial charge in [0.05, 0.1) is 5.71 Å². The molecule has 0 saturated carbocycles. The summed E-state index contributed by atoms with van der Waals surface area (Å²) in [4.78, 5) is 25.0. The van der Waals surface area contributed by atoms with Gasteiger partial charge in [-0.2, -0.15) is 0 Å². The molecule has 0 spiro atoms. The molecule has 0 radical (unpaired) electrons. The first kappa shape index (κ1) is 20.0. The molecule has 160 valence electrons. The fraction of sp³-hybridized carbons (Fsp3) is 0.192. The Morgan fingerprint density at radius 1 is 1.00 bits per heavy atom. The summed E-state index contributed by atoms with van der Waals surface area (Å²) in [6, 6.07) is 22.2. The summed E-state index contributed by atoms with van der Waals surface area (Å²) >= 11 is 0. The first-order chi connectivity index (χ1) is 15.7. The molecule has 2 heterocycles. The molecule has 0 aliphatic carbocycles. The molecule has 1 aromatic heterocycles. The van der Waals surface area contributed by atoms with Crippen molar-refractivity contribution in [1.29, 1.82) is 5.41 Å². The molecule has 1 aliphatic rings. The van der Waals surface area contributed by atoms with E-state index in [0.29, 0.717) is 37.6 Å². The van der Waals surface area contributed by atoms with E-state index in [-0.39, 0.29) is 5.91 Å². The van der Waals surface area contributed by atoms with Crippen LogP contribution in [-0.2, 0) is 6.54 Å². The van der Waals surface area contributed by atoms with Gasteiger partial charge in [-0.15, -0.1) is 0 Å². The fourth-order valence-corrected chi connectivity index (χ4v) is 4.38. The summed E-state index contributed by atoms with van der Waals surface area (Å²) < 4.78 is 0. The predicted molar refractivity (Wildman–Crippen MR) is 127 cm³/mol. The van der Waals surface area contributed by atoms with Crippen LogP contribution < -0.4 is 4.90 Å². The highest BCUT2D eigenvalue weighted by atomic mass is 16.2. The number of fused-ring (bicyclic) bond motifs is 2. The molecule has 0 saturated heterocycles. The number of nitrogens with one attached hydrogen (secondary N) is 2. The number of para-hydroxylation sites is 1. The Balaban J connectivity index is 1.38. The second-order valence-corrected chi connectivity index (χ2v) is 8.04. The van der Waals surface area contributed by atoms with Crippen molar-refractivity contribution in [3.63, 3.8) is 0 Å². The molecule has 5 rings (SSSR count). The van der Waals surface area contributed by atoms with Gasteiger partial charge < -0.3 is 20.2 Å². The second kappa shape index (κ2) is 8.67. The fourth-order valence-electron chi connectivity index (χ4n) is 4.38. The molecule has 0 unspecified atom stereocenters. The maximum Gasteiger partial charge on any atom is 0.254 e. The number of hydrogen-bond donors (Lipinski definition) is 2. The van der Waals surface area contributed by atoms with E-state index in [0.717, 1.165) is 34.1 Å². The molecule has 0 fully saturated rings. The zero-order valence-corrected chi connectivity index (χ0v) is 17.8. The molecule has 6 heteroatoms. The van der Waals surface area contributed by atoms with Crippen LogP contribution in [0.2, 0.25) is 0 Å². The summed E-state index contributed by atoms with van der Waals surface area (Å²) in [5.41, 5.74) is 3.49. The van der Waals surface area contributed by atoms with Crippen LogP contribution in [0, 0.1) is 5.41 Å². The van der Waals surface area contributed by atoms with Gasteiger partial charge in [0.1, 0.15) is 0 Å². The van der Waals surface area contributed by atoms with Crippen LogP contribution in [-0.4, -0.2) is 46.1 Å². The number of aromatic nitrogens is 2. The van der Waals surface area contributed by atoms with Gasteiger partial charge in [-0.3, -0.25) is 4.79 Å². The molecule has 1 aliphatic heterocycles. The predicted octanol–water partition coefficient (Wildman–Crippen LogP) is 4.48. The zero-order valence-electron chi connectivity index (χ0n) is 17.8. The number of H-pyrrole nitrogens is 1. The third kappa shape index (κ3) is 3.87. The molecular formula is C26H25N5O. The minimum atomic E-state index is 0.0572. The van der Waals surface area contributed by atoms with Crippen molar-refractivity contribution in [2.24, 2.45) is 0 Å². The number of rotatable bonds is 5. The van der Waals surface area contributed by atoms with Gasteiger partial charge in [0.2, 0.25) is 0 Å². The summed E-state index contributed by atoms with van der Waals surface area (Å²) in [5, 5.41) is 10.4. The van der Waals surface area contributed by atoms with E-state index >= 15 is 0 Å². The molecular weight excluding hydrogens is 398 g/mol. The first-order valence-electron chi connectivity index (χ1n) is 10.9. The highest BCUT2D eigenvalue weighted by molar-refractivity contribution is 6.07. The SMILES string of the molecule is N=C(CCN1CCN(C(=O)c2cccc3ccccc23)Cc2ccccc21)c1ncc[nH]1. The number of benzene rings is 3. The smallest absolute Gasteiger partial charge is 0.254 e. The normalized spacial score (nSPS) is 13.6. The highest BCUT2D eigenvalue weighted by Gasteiger charge is 2.24.